The number of fused-ring (bicyclic) bond motifs is 1. The number of nitrogens with zero attached hydrogens (tertiary/aromatic N) is 3. The molecule has 8 heteroatoms. The molecule has 4 rings (SSSR count). The van der Waals surface area contributed by atoms with Crippen molar-refractivity contribution in [3.63, 3.8) is 0 Å². The van der Waals surface area contributed by atoms with Crippen LogP contribution in [0.15, 0.2) is 36.4 Å². The Balaban J connectivity index is 1.64. The minimum atomic E-state index is -0.316. The van der Waals surface area contributed by atoms with Crippen LogP contribution >= 0.6 is 23.1 Å². The molecule has 1 aliphatic heterocycles. The zero-order valence-corrected chi connectivity index (χ0v) is 16.7. The molecule has 0 N–H and O–H groups in total. The number of aryl methyl sites for hydroxylation is 1. The van der Waals surface area contributed by atoms with E-state index in [2.05, 4.69) is 5.10 Å². The fraction of sp³-hybridized carbons (Fsp3) is 0.316. The Kier molecular flexibility index (Phi) is 4.92. The summed E-state index contributed by atoms with van der Waals surface area (Å²) in [5.41, 5.74) is 1.86. The van der Waals surface area contributed by atoms with Gasteiger partial charge in [-0.05, 0) is 25.1 Å². The number of thiophene rings is 1. The lowest BCUT2D eigenvalue weighted by molar-refractivity contribution is -0.140. The van der Waals surface area contributed by atoms with Crippen LogP contribution in [0.1, 0.15) is 15.4 Å². The number of para-hydroxylation sites is 1. The smallest absolute Gasteiger partial charge is 0.320 e. The molecule has 1 aromatic carbocycles. The first-order valence-corrected chi connectivity index (χ1v) is 10.5. The average molecular weight is 402 g/mol. The molecule has 27 heavy (non-hydrogen) atoms. The molecular weight excluding hydrogens is 382 g/mol. The number of ether oxygens (including phenoxy) is 1. The van der Waals surface area contributed by atoms with Gasteiger partial charge in [0.15, 0.2) is 0 Å². The van der Waals surface area contributed by atoms with Crippen LogP contribution in [0.5, 0.6) is 0 Å². The van der Waals surface area contributed by atoms with Crippen LogP contribution < -0.4 is 0 Å². The molecule has 0 spiro atoms. The lowest BCUT2D eigenvalue weighted by Crippen LogP contribution is -2.44. The molecule has 1 saturated heterocycles. The first-order chi connectivity index (χ1) is 13.1. The van der Waals surface area contributed by atoms with Gasteiger partial charge in [-0.1, -0.05) is 18.2 Å². The molecule has 0 radical (unpaired) electrons. The molecule has 1 aliphatic rings. The van der Waals surface area contributed by atoms with E-state index in [0.717, 1.165) is 27.4 Å². The molecule has 1 fully saturated rings. The highest BCUT2D eigenvalue weighted by atomic mass is 32.2. The fourth-order valence-corrected chi connectivity index (χ4v) is 5.44. The summed E-state index contributed by atoms with van der Waals surface area (Å²) in [5, 5.41) is 5.29. The molecule has 140 valence electrons. The quantitative estimate of drug-likeness (QED) is 0.631. The minimum Gasteiger partial charge on any atom is -0.468 e. The van der Waals surface area contributed by atoms with Crippen molar-refractivity contribution < 1.29 is 14.3 Å². The number of amides is 1. The summed E-state index contributed by atoms with van der Waals surface area (Å²) in [5.74, 6) is 0.418. The highest BCUT2D eigenvalue weighted by Gasteiger charge is 2.31. The Morgan fingerprint density at radius 3 is 2.78 bits per heavy atom. The van der Waals surface area contributed by atoms with Gasteiger partial charge in [0.25, 0.3) is 5.91 Å². The van der Waals surface area contributed by atoms with Gasteiger partial charge < -0.3 is 9.64 Å². The van der Waals surface area contributed by atoms with Crippen molar-refractivity contribution in [2.24, 2.45) is 0 Å². The largest absolute Gasteiger partial charge is 0.468 e. The third-order valence-corrected chi connectivity index (χ3v) is 6.83. The van der Waals surface area contributed by atoms with Crippen LogP contribution in [0.3, 0.4) is 0 Å². The van der Waals surface area contributed by atoms with E-state index in [1.54, 1.807) is 16.7 Å². The van der Waals surface area contributed by atoms with Crippen molar-refractivity contribution in [3.05, 3.63) is 47.0 Å². The van der Waals surface area contributed by atoms with Crippen molar-refractivity contribution in [1.82, 2.24) is 14.7 Å². The first-order valence-electron chi connectivity index (χ1n) is 8.62. The maximum Gasteiger partial charge on any atom is 0.320 e. The molecule has 2 aromatic heterocycles. The number of carbonyl (C=O) groups is 2. The van der Waals surface area contributed by atoms with Crippen LogP contribution in [-0.2, 0) is 9.53 Å². The van der Waals surface area contributed by atoms with Gasteiger partial charge in [-0.15, -0.1) is 23.1 Å². The zero-order valence-electron chi connectivity index (χ0n) is 15.0. The number of methoxy groups -OCH3 is 1. The van der Waals surface area contributed by atoms with Gasteiger partial charge in [0.05, 0.1) is 23.4 Å². The molecule has 6 nitrogen and oxygen atoms in total. The Morgan fingerprint density at radius 2 is 2.04 bits per heavy atom. The first kappa shape index (κ1) is 18.1. The standard InChI is InChI=1S/C19H19N3O3S2/c1-12-14-10-15(17(23)21-8-9-26-16(11-21)19(24)25-2)27-18(14)22(20-12)13-6-4-3-5-7-13/h3-7,10,16H,8-9,11H2,1-2H3/t16-/m1/s1. The third-order valence-electron chi connectivity index (χ3n) is 4.57. The Bertz CT molecular complexity index is 996. The topological polar surface area (TPSA) is 64.4 Å². The summed E-state index contributed by atoms with van der Waals surface area (Å²) in [4.78, 5) is 28.2. The van der Waals surface area contributed by atoms with Gasteiger partial charge in [0.1, 0.15) is 10.1 Å². The molecule has 0 unspecified atom stereocenters. The van der Waals surface area contributed by atoms with Crippen molar-refractivity contribution in [1.29, 1.82) is 0 Å². The number of esters is 1. The highest BCUT2D eigenvalue weighted by Crippen LogP contribution is 2.32. The van der Waals surface area contributed by atoms with Crippen LogP contribution in [-0.4, -0.2) is 57.8 Å². The lowest BCUT2D eigenvalue weighted by Gasteiger charge is -2.30. The molecule has 0 saturated carbocycles. The molecule has 0 aliphatic carbocycles. The van der Waals surface area contributed by atoms with E-state index >= 15 is 0 Å². The molecule has 3 aromatic rings. The van der Waals surface area contributed by atoms with Crippen molar-refractivity contribution in [2.75, 3.05) is 26.0 Å². The summed E-state index contributed by atoms with van der Waals surface area (Å²) >= 11 is 2.98. The van der Waals surface area contributed by atoms with Gasteiger partial charge in [-0.3, -0.25) is 9.59 Å². The summed E-state index contributed by atoms with van der Waals surface area (Å²) in [6, 6.07) is 11.8. The number of carbonyl (C=O) groups excluding carboxylic acids is 2. The Labute approximate surface area is 165 Å². The molecule has 1 amide bonds. The number of hydrogen-bond donors (Lipinski definition) is 0. The summed E-state index contributed by atoms with van der Waals surface area (Å²) in [6.07, 6.45) is 0. The van der Waals surface area contributed by atoms with Gasteiger partial charge >= 0.3 is 5.97 Å². The zero-order chi connectivity index (χ0) is 19.0. The van der Waals surface area contributed by atoms with Crippen molar-refractivity contribution in [2.45, 2.75) is 12.2 Å². The second kappa shape index (κ2) is 7.36. The molecule has 3 heterocycles. The highest BCUT2D eigenvalue weighted by molar-refractivity contribution is 8.00. The normalized spacial score (nSPS) is 17.3. The Hall–Kier alpha value is -2.32. The SMILES string of the molecule is COC(=O)[C@H]1CN(C(=O)c2cc3c(C)nn(-c4ccccc4)c3s2)CCS1. The van der Waals surface area contributed by atoms with Crippen molar-refractivity contribution >= 4 is 45.2 Å². The van der Waals surface area contributed by atoms with E-state index in [1.165, 1.54) is 18.4 Å². The van der Waals surface area contributed by atoms with Gasteiger partial charge in [0, 0.05) is 24.2 Å². The van der Waals surface area contributed by atoms with E-state index in [1.807, 2.05) is 48.0 Å². The van der Waals surface area contributed by atoms with Crippen molar-refractivity contribution in [3.8, 4) is 5.69 Å². The maximum atomic E-state index is 13.0. The number of rotatable bonds is 3. The predicted octanol–water partition coefficient (Wildman–Crippen LogP) is 3.13. The van der Waals surface area contributed by atoms with Crippen LogP contribution in [0.2, 0.25) is 0 Å². The average Bonchev–Trinajstić information content (AvgIpc) is 3.28. The third kappa shape index (κ3) is 3.35. The number of thioether (sulfide) groups is 1. The number of hydrogen-bond acceptors (Lipinski definition) is 6. The van der Waals surface area contributed by atoms with E-state index in [0.29, 0.717) is 18.0 Å². The van der Waals surface area contributed by atoms with E-state index in [9.17, 15) is 9.59 Å². The van der Waals surface area contributed by atoms with Crippen LogP contribution in [0, 0.1) is 6.92 Å². The van der Waals surface area contributed by atoms with E-state index in [-0.39, 0.29) is 17.1 Å². The van der Waals surface area contributed by atoms with E-state index < -0.39 is 0 Å². The second-order valence-corrected chi connectivity index (χ2v) is 8.64. The second-order valence-electron chi connectivity index (χ2n) is 6.30. The molecule has 0 bridgehead atoms. The number of aromatic nitrogens is 2. The molecule has 1 atom stereocenters. The van der Waals surface area contributed by atoms with Gasteiger partial charge in [0.2, 0.25) is 0 Å². The Morgan fingerprint density at radius 1 is 1.26 bits per heavy atom. The lowest BCUT2D eigenvalue weighted by atomic mass is 10.2. The van der Waals surface area contributed by atoms with Gasteiger partial charge in [-0.2, -0.15) is 5.10 Å². The fourth-order valence-electron chi connectivity index (χ4n) is 3.16. The number of benzene rings is 1. The van der Waals surface area contributed by atoms with Gasteiger partial charge in [-0.25, -0.2) is 4.68 Å². The minimum absolute atomic E-state index is 0.0376. The maximum absolute atomic E-state index is 13.0. The predicted molar refractivity (Wildman–Crippen MR) is 108 cm³/mol. The van der Waals surface area contributed by atoms with Crippen LogP contribution in [0.4, 0.5) is 0 Å². The monoisotopic (exact) mass is 401 g/mol. The van der Waals surface area contributed by atoms with Crippen LogP contribution in [0.25, 0.3) is 15.9 Å². The molecular formula is C19H19N3O3S2. The summed E-state index contributed by atoms with van der Waals surface area (Å²) in [6.45, 7) is 2.97. The van der Waals surface area contributed by atoms with E-state index in [4.69, 9.17) is 4.74 Å². The summed E-state index contributed by atoms with van der Waals surface area (Å²) < 4.78 is 6.72. The summed E-state index contributed by atoms with van der Waals surface area (Å²) in [7, 11) is 1.38.